The van der Waals surface area contributed by atoms with Crippen LogP contribution in [0, 0.1) is 6.92 Å². The van der Waals surface area contributed by atoms with E-state index >= 15 is 0 Å². The van der Waals surface area contributed by atoms with Crippen LogP contribution in [0.1, 0.15) is 39.7 Å². The molecule has 0 bridgehead atoms. The lowest BCUT2D eigenvalue weighted by Crippen LogP contribution is -2.39. The summed E-state index contributed by atoms with van der Waals surface area (Å²) in [7, 11) is -3.43. The molecule has 24 heavy (non-hydrogen) atoms. The van der Waals surface area contributed by atoms with Gasteiger partial charge in [-0.3, -0.25) is 4.31 Å². The quantitative estimate of drug-likeness (QED) is 0.583. The number of rotatable bonds is 8. The Kier molecular flexibility index (Phi) is 11.5. The van der Waals surface area contributed by atoms with E-state index in [1.54, 1.807) is 12.1 Å². The van der Waals surface area contributed by atoms with Crippen LogP contribution in [-0.4, -0.2) is 40.7 Å². The van der Waals surface area contributed by atoms with E-state index < -0.39 is 16.3 Å². The Labute approximate surface area is 155 Å². The van der Waals surface area contributed by atoms with Gasteiger partial charge in [0.15, 0.2) is 6.29 Å². The first-order valence-electron chi connectivity index (χ1n) is 8.18. The van der Waals surface area contributed by atoms with Gasteiger partial charge in [-0.1, -0.05) is 42.3 Å². The third kappa shape index (κ3) is 8.46. The molecule has 7 heteroatoms. The molecule has 0 saturated carbocycles. The summed E-state index contributed by atoms with van der Waals surface area (Å²) in [4.78, 5) is 0. The molecular weight excluding hydrogens is 394 g/mol. The van der Waals surface area contributed by atoms with Crippen molar-refractivity contribution in [2.45, 2.75) is 47.3 Å². The van der Waals surface area contributed by atoms with Crippen LogP contribution in [-0.2, 0) is 19.5 Å². The smallest absolute Gasteiger partial charge is 0.232 e. The number of nitrogens with zero attached hydrogens (tertiary/aromatic N) is 1. The van der Waals surface area contributed by atoms with E-state index in [1.807, 2.05) is 26.8 Å². The molecule has 0 aliphatic rings. The van der Waals surface area contributed by atoms with Gasteiger partial charge in [-0.15, -0.1) is 0 Å². The van der Waals surface area contributed by atoms with Crippen molar-refractivity contribution in [3.8, 4) is 0 Å². The average Bonchev–Trinajstić information content (AvgIpc) is 2.48. The maximum absolute atomic E-state index is 12.1. The van der Waals surface area contributed by atoms with Crippen molar-refractivity contribution in [1.29, 1.82) is 0 Å². The second-order valence-electron chi connectivity index (χ2n) is 5.27. The number of aryl methyl sites for hydroxylation is 1. The Bertz CT molecular complexity index is 572. The fraction of sp³-hybridized carbons (Fsp3) is 0.647. The zero-order chi connectivity index (χ0) is 18.8. The molecule has 1 aromatic rings. The van der Waals surface area contributed by atoms with E-state index in [0.29, 0.717) is 18.9 Å². The van der Waals surface area contributed by atoms with Crippen molar-refractivity contribution >= 4 is 31.6 Å². The molecule has 0 unspecified atom stereocenters. The number of hydrogen-bond donors (Lipinski definition) is 0. The minimum atomic E-state index is -3.43. The average molecular weight is 424 g/mol. The van der Waals surface area contributed by atoms with Crippen LogP contribution < -0.4 is 4.31 Å². The third-order valence-corrected chi connectivity index (χ3v) is 4.88. The molecule has 0 aliphatic carbocycles. The highest BCUT2D eigenvalue weighted by Gasteiger charge is 2.23. The first-order valence-corrected chi connectivity index (χ1v) is 10.8. The zero-order valence-corrected chi connectivity index (χ0v) is 17.9. The SMILES string of the molecule is CCC.CCOC(CN(c1ccc(C)c(Br)c1)S(C)(=O)=O)OCC. The van der Waals surface area contributed by atoms with Crippen LogP contribution in [0.2, 0.25) is 0 Å². The first-order chi connectivity index (χ1) is 11.2. The predicted molar refractivity (Wildman–Crippen MR) is 104 cm³/mol. The van der Waals surface area contributed by atoms with Gasteiger partial charge in [-0.2, -0.15) is 0 Å². The van der Waals surface area contributed by atoms with Crippen molar-refractivity contribution in [2.75, 3.05) is 30.3 Å². The Hall–Kier alpha value is -0.630. The Morgan fingerprint density at radius 2 is 1.62 bits per heavy atom. The molecule has 1 aromatic carbocycles. The maximum atomic E-state index is 12.1. The molecular formula is C17H30BrNO4S. The van der Waals surface area contributed by atoms with Gasteiger partial charge in [0, 0.05) is 17.7 Å². The zero-order valence-electron chi connectivity index (χ0n) is 15.5. The number of halogens is 1. The Morgan fingerprint density at radius 1 is 1.12 bits per heavy atom. The third-order valence-electron chi connectivity index (χ3n) is 2.86. The number of sulfonamides is 1. The summed E-state index contributed by atoms with van der Waals surface area (Å²) >= 11 is 3.42. The van der Waals surface area contributed by atoms with Crippen molar-refractivity contribution in [2.24, 2.45) is 0 Å². The largest absolute Gasteiger partial charge is 0.351 e. The summed E-state index contributed by atoms with van der Waals surface area (Å²) in [6.07, 6.45) is 1.84. The van der Waals surface area contributed by atoms with Crippen molar-refractivity contribution in [3.63, 3.8) is 0 Å². The highest BCUT2D eigenvalue weighted by atomic mass is 79.9. The fourth-order valence-electron chi connectivity index (χ4n) is 1.83. The molecule has 0 fully saturated rings. The molecule has 0 saturated heterocycles. The summed E-state index contributed by atoms with van der Waals surface area (Å²) in [5, 5.41) is 0. The van der Waals surface area contributed by atoms with E-state index in [2.05, 4.69) is 29.8 Å². The summed E-state index contributed by atoms with van der Waals surface area (Å²) in [5.74, 6) is 0. The lowest BCUT2D eigenvalue weighted by atomic mass is 10.2. The van der Waals surface area contributed by atoms with Crippen LogP contribution in [0.25, 0.3) is 0 Å². The summed E-state index contributed by atoms with van der Waals surface area (Å²) < 4.78 is 37.2. The summed E-state index contributed by atoms with van der Waals surface area (Å²) in [6.45, 7) is 10.9. The minimum absolute atomic E-state index is 0.121. The summed E-state index contributed by atoms with van der Waals surface area (Å²) in [5.41, 5.74) is 1.62. The second-order valence-corrected chi connectivity index (χ2v) is 8.04. The number of ether oxygens (including phenoxy) is 2. The molecule has 0 N–H and O–H groups in total. The molecule has 5 nitrogen and oxygen atoms in total. The van der Waals surface area contributed by atoms with Crippen LogP contribution in [0.15, 0.2) is 22.7 Å². The van der Waals surface area contributed by atoms with E-state index in [-0.39, 0.29) is 6.54 Å². The number of hydrogen-bond acceptors (Lipinski definition) is 4. The van der Waals surface area contributed by atoms with Gasteiger partial charge in [-0.05, 0) is 38.5 Å². The molecule has 0 radical (unpaired) electrons. The minimum Gasteiger partial charge on any atom is -0.351 e. The van der Waals surface area contributed by atoms with Crippen LogP contribution >= 0.6 is 15.9 Å². The van der Waals surface area contributed by atoms with E-state index in [9.17, 15) is 8.42 Å². The predicted octanol–water partition coefficient (Wildman–Crippen LogP) is 4.34. The second kappa shape index (κ2) is 11.8. The van der Waals surface area contributed by atoms with Gasteiger partial charge in [0.2, 0.25) is 10.0 Å². The van der Waals surface area contributed by atoms with E-state index in [1.165, 1.54) is 17.0 Å². The molecule has 0 aromatic heterocycles. The highest BCUT2D eigenvalue weighted by molar-refractivity contribution is 9.10. The van der Waals surface area contributed by atoms with Crippen molar-refractivity contribution in [1.82, 2.24) is 0 Å². The molecule has 0 spiro atoms. The lowest BCUT2D eigenvalue weighted by Gasteiger charge is -2.27. The van der Waals surface area contributed by atoms with E-state index in [0.717, 1.165) is 10.0 Å². The van der Waals surface area contributed by atoms with E-state index in [4.69, 9.17) is 9.47 Å². The van der Waals surface area contributed by atoms with Crippen LogP contribution in [0.4, 0.5) is 5.69 Å². The molecule has 1 rings (SSSR count). The van der Waals surface area contributed by atoms with Crippen molar-refractivity contribution in [3.05, 3.63) is 28.2 Å². The van der Waals surface area contributed by atoms with Gasteiger partial charge in [0.1, 0.15) is 0 Å². The van der Waals surface area contributed by atoms with Gasteiger partial charge in [0.25, 0.3) is 0 Å². The number of benzene rings is 1. The van der Waals surface area contributed by atoms with Crippen molar-refractivity contribution < 1.29 is 17.9 Å². The van der Waals surface area contributed by atoms with Gasteiger partial charge in [-0.25, -0.2) is 8.42 Å². The summed E-state index contributed by atoms with van der Waals surface area (Å²) in [6, 6.07) is 5.43. The molecule has 140 valence electrons. The lowest BCUT2D eigenvalue weighted by molar-refractivity contribution is -0.128. The Morgan fingerprint density at radius 3 is 2.00 bits per heavy atom. The highest BCUT2D eigenvalue weighted by Crippen LogP contribution is 2.25. The number of anilines is 1. The normalized spacial score (nSPS) is 11.2. The fourth-order valence-corrected chi connectivity index (χ4v) is 3.09. The standard InChI is InChI=1S/C14H22BrNO4S.C3H8/c1-5-19-14(20-6-2)10-16(21(4,17)18)12-8-7-11(3)13(15)9-12;1-3-2/h7-9,14H,5-6,10H2,1-4H3;3H2,1-2H3. The first kappa shape index (κ1) is 23.4. The molecule has 0 heterocycles. The Balaban J connectivity index is 0.00000163. The maximum Gasteiger partial charge on any atom is 0.232 e. The van der Waals surface area contributed by atoms with Crippen LogP contribution in [0.3, 0.4) is 0 Å². The molecule has 0 amide bonds. The van der Waals surface area contributed by atoms with Gasteiger partial charge >= 0.3 is 0 Å². The molecule has 0 aliphatic heterocycles. The van der Waals surface area contributed by atoms with Crippen LogP contribution in [0.5, 0.6) is 0 Å². The van der Waals surface area contributed by atoms with Gasteiger partial charge in [0.05, 0.1) is 18.5 Å². The van der Waals surface area contributed by atoms with Gasteiger partial charge < -0.3 is 9.47 Å². The molecule has 0 atom stereocenters. The monoisotopic (exact) mass is 423 g/mol. The topological polar surface area (TPSA) is 55.8 Å².